The predicted molar refractivity (Wildman–Crippen MR) is 121 cm³/mol. The number of nitrogens with zero attached hydrogens (tertiary/aromatic N) is 1. The monoisotopic (exact) mass is 421 g/mol. The number of rotatable bonds is 10. The summed E-state index contributed by atoms with van der Waals surface area (Å²) in [6.45, 7) is 0.566. The Balaban J connectivity index is 2.35. The summed E-state index contributed by atoms with van der Waals surface area (Å²) in [4.78, 5) is 26.1. The zero-order valence-corrected chi connectivity index (χ0v) is 17.8. The van der Waals surface area contributed by atoms with Gasteiger partial charge in [0.25, 0.3) is 5.91 Å². The molecule has 6 nitrogen and oxygen atoms in total. The van der Waals surface area contributed by atoms with Crippen LogP contribution in [0.1, 0.15) is 16.8 Å². The van der Waals surface area contributed by atoms with E-state index in [1.54, 1.807) is 24.9 Å². The Kier molecular flexibility index (Phi) is 8.47. The lowest BCUT2D eigenvalue weighted by molar-refractivity contribution is -0.142. The van der Waals surface area contributed by atoms with E-state index in [2.05, 4.69) is 17.9 Å². The Labute approximate surface area is 175 Å². The van der Waals surface area contributed by atoms with E-state index in [0.717, 1.165) is 16.5 Å². The van der Waals surface area contributed by atoms with Crippen molar-refractivity contribution in [1.29, 1.82) is 0 Å². The van der Waals surface area contributed by atoms with Gasteiger partial charge in [-0.1, -0.05) is 24.3 Å². The predicted octanol–water partition coefficient (Wildman–Crippen LogP) is 2.79. The molecule has 0 aliphatic heterocycles. The lowest BCUT2D eigenvalue weighted by Crippen LogP contribution is -2.42. The number of nitrogens with two attached hydrogens (primary N) is 1. The van der Waals surface area contributed by atoms with Gasteiger partial charge in [0.15, 0.2) is 0 Å². The second-order valence-corrected chi connectivity index (χ2v) is 7.93. The van der Waals surface area contributed by atoms with E-state index in [9.17, 15) is 14.7 Å². The standard InChI is InChI=1S/C20H27N3O3S2/c1-23(18(20(25)26)9-10-28-2)19(24)16-7-3-6-15-14(16)5-4-8-17(15)22-11-13(21)12-27/h3-8,13,18,22,27H,9-12,21H2,1-2H3,(H,25,26)/t13-,18+/m1/s1. The first-order chi connectivity index (χ1) is 13.4. The Morgan fingerprint density at radius 3 is 2.57 bits per heavy atom. The molecule has 0 saturated carbocycles. The summed E-state index contributed by atoms with van der Waals surface area (Å²) >= 11 is 5.76. The number of carbonyl (C=O) groups is 2. The van der Waals surface area contributed by atoms with Crippen molar-refractivity contribution in [1.82, 2.24) is 4.90 Å². The molecule has 1 amide bonds. The van der Waals surface area contributed by atoms with Crippen molar-refractivity contribution in [3.05, 3.63) is 42.0 Å². The van der Waals surface area contributed by atoms with Crippen LogP contribution in [-0.2, 0) is 4.79 Å². The van der Waals surface area contributed by atoms with Gasteiger partial charge < -0.3 is 21.1 Å². The molecular formula is C20H27N3O3S2. The summed E-state index contributed by atoms with van der Waals surface area (Å²) in [6, 6.07) is 10.2. The van der Waals surface area contributed by atoms with Crippen LogP contribution in [0.25, 0.3) is 10.8 Å². The number of anilines is 1. The van der Waals surface area contributed by atoms with Crippen molar-refractivity contribution in [2.75, 3.05) is 36.7 Å². The maximum Gasteiger partial charge on any atom is 0.326 e. The van der Waals surface area contributed by atoms with Gasteiger partial charge in [0, 0.05) is 42.0 Å². The zero-order chi connectivity index (χ0) is 20.7. The number of aliphatic carboxylic acids is 1. The van der Waals surface area contributed by atoms with Crippen molar-refractivity contribution < 1.29 is 14.7 Å². The van der Waals surface area contributed by atoms with Crippen molar-refractivity contribution in [3.63, 3.8) is 0 Å². The van der Waals surface area contributed by atoms with E-state index in [4.69, 9.17) is 5.73 Å². The minimum atomic E-state index is -0.992. The molecular weight excluding hydrogens is 394 g/mol. The summed E-state index contributed by atoms with van der Waals surface area (Å²) < 4.78 is 0. The van der Waals surface area contributed by atoms with Gasteiger partial charge >= 0.3 is 5.97 Å². The molecule has 0 aliphatic rings. The Hall–Kier alpha value is -1.90. The summed E-state index contributed by atoms with van der Waals surface area (Å²) in [7, 11) is 1.55. The summed E-state index contributed by atoms with van der Waals surface area (Å²) in [5.74, 6) is -0.0563. The summed E-state index contributed by atoms with van der Waals surface area (Å²) in [5.41, 5.74) is 7.29. The lowest BCUT2D eigenvalue weighted by Gasteiger charge is -2.25. The van der Waals surface area contributed by atoms with E-state index in [-0.39, 0.29) is 11.9 Å². The second kappa shape index (κ2) is 10.6. The molecule has 2 atom stereocenters. The molecule has 0 heterocycles. The van der Waals surface area contributed by atoms with Gasteiger partial charge in [-0.05, 0) is 35.9 Å². The molecule has 0 bridgehead atoms. The van der Waals surface area contributed by atoms with Crippen LogP contribution >= 0.6 is 24.4 Å². The lowest BCUT2D eigenvalue weighted by atomic mass is 10.0. The number of benzene rings is 2. The SMILES string of the molecule is CSCC[C@@H](C(=O)O)N(C)C(=O)c1cccc2c(NC[C@@H](N)CS)cccc12. The summed E-state index contributed by atoms with van der Waals surface area (Å²) in [6.07, 6.45) is 2.32. The number of likely N-dealkylation sites (N-methyl/N-ethyl adjacent to an activating group) is 1. The first-order valence-electron chi connectivity index (χ1n) is 9.01. The van der Waals surface area contributed by atoms with Crippen LogP contribution in [0.15, 0.2) is 36.4 Å². The second-order valence-electron chi connectivity index (χ2n) is 6.58. The molecule has 0 fully saturated rings. The molecule has 4 N–H and O–H groups in total. The van der Waals surface area contributed by atoms with Crippen LogP contribution in [0.4, 0.5) is 5.69 Å². The fourth-order valence-electron chi connectivity index (χ4n) is 3.00. The number of thiol groups is 1. The van der Waals surface area contributed by atoms with Gasteiger partial charge in [-0.2, -0.15) is 24.4 Å². The number of nitrogens with one attached hydrogen (secondary N) is 1. The largest absolute Gasteiger partial charge is 0.480 e. The molecule has 0 spiro atoms. The number of amides is 1. The fourth-order valence-corrected chi connectivity index (χ4v) is 3.59. The number of carbonyl (C=O) groups excluding carboxylic acids is 1. The molecule has 8 heteroatoms. The smallest absolute Gasteiger partial charge is 0.326 e. The normalized spacial score (nSPS) is 13.1. The highest BCUT2D eigenvalue weighted by atomic mass is 32.2. The van der Waals surface area contributed by atoms with Crippen molar-refractivity contribution in [3.8, 4) is 0 Å². The highest BCUT2D eigenvalue weighted by Gasteiger charge is 2.27. The van der Waals surface area contributed by atoms with E-state index in [1.807, 2.05) is 36.6 Å². The molecule has 28 heavy (non-hydrogen) atoms. The average Bonchev–Trinajstić information content (AvgIpc) is 2.70. The summed E-state index contributed by atoms with van der Waals surface area (Å²) in [5, 5.41) is 14.5. The quantitative estimate of drug-likeness (QED) is 0.441. The molecule has 0 saturated heterocycles. The molecule has 152 valence electrons. The van der Waals surface area contributed by atoms with Gasteiger partial charge in [-0.25, -0.2) is 4.79 Å². The van der Waals surface area contributed by atoms with Crippen LogP contribution in [0, 0.1) is 0 Å². The van der Waals surface area contributed by atoms with Crippen molar-refractivity contribution in [2.24, 2.45) is 5.73 Å². The van der Waals surface area contributed by atoms with Gasteiger partial charge in [-0.15, -0.1) is 0 Å². The maximum atomic E-state index is 13.1. The van der Waals surface area contributed by atoms with Gasteiger partial charge in [0.1, 0.15) is 6.04 Å². The van der Waals surface area contributed by atoms with Gasteiger partial charge in [0.05, 0.1) is 0 Å². The number of carboxylic acid groups (broad SMARTS) is 1. The average molecular weight is 422 g/mol. The minimum Gasteiger partial charge on any atom is -0.480 e. The number of hydrogen-bond acceptors (Lipinski definition) is 6. The third-order valence-electron chi connectivity index (χ3n) is 4.61. The molecule has 2 rings (SSSR count). The molecule has 0 aromatic heterocycles. The molecule has 2 aromatic carbocycles. The Bertz CT molecular complexity index is 831. The van der Waals surface area contributed by atoms with Crippen LogP contribution in [-0.4, -0.2) is 65.3 Å². The van der Waals surface area contributed by atoms with E-state index >= 15 is 0 Å². The third kappa shape index (κ3) is 5.33. The minimum absolute atomic E-state index is 0.0812. The third-order valence-corrected chi connectivity index (χ3v) is 5.72. The van der Waals surface area contributed by atoms with Crippen LogP contribution in [0.2, 0.25) is 0 Å². The fraction of sp³-hybridized carbons (Fsp3) is 0.400. The Morgan fingerprint density at radius 2 is 1.93 bits per heavy atom. The number of thioether (sulfide) groups is 1. The van der Waals surface area contributed by atoms with E-state index in [0.29, 0.717) is 30.0 Å². The van der Waals surface area contributed by atoms with E-state index in [1.165, 1.54) is 4.90 Å². The number of hydrogen-bond donors (Lipinski definition) is 4. The molecule has 0 unspecified atom stereocenters. The van der Waals surface area contributed by atoms with Crippen molar-refractivity contribution in [2.45, 2.75) is 18.5 Å². The van der Waals surface area contributed by atoms with Crippen LogP contribution in [0.5, 0.6) is 0 Å². The van der Waals surface area contributed by atoms with Crippen molar-refractivity contribution >= 4 is 52.7 Å². The van der Waals surface area contributed by atoms with Crippen LogP contribution in [0.3, 0.4) is 0 Å². The van der Waals surface area contributed by atoms with Gasteiger partial charge in [0.2, 0.25) is 0 Å². The van der Waals surface area contributed by atoms with Gasteiger partial charge in [-0.3, -0.25) is 4.79 Å². The number of fused-ring (bicyclic) bond motifs is 1. The first kappa shape index (κ1) is 22.4. The zero-order valence-electron chi connectivity index (χ0n) is 16.1. The highest BCUT2D eigenvalue weighted by molar-refractivity contribution is 7.98. The molecule has 0 aliphatic carbocycles. The topological polar surface area (TPSA) is 95.7 Å². The highest BCUT2D eigenvalue weighted by Crippen LogP contribution is 2.27. The first-order valence-corrected chi connectivity index (χ1v) is 11.0. The Morgan fingerprint density at radius 1 is 1.25 bits per heavy atom. The number of carboxylic acids is 1. The van der Waals surface area contributed by atoms with E-state index < -0.39 is 12.0 Å². The van der Waals surface area contributed by atoms with Crippen LogP contribution < -0.4 is 11.1 Å². The maximum absolute atomic E-state index is 13.1. The molecule has 0 radical (unpaired) electrons. The molecule has 2 aromatic rings.